The van der Waals surface area contributed by atoms with E-state index in [1.165, 1.54) is 36.1 Å². The third-order valence-corrected chi connectivity index (χ3v) is 9.72. The summed E-state index contributed by atoms with van der Waals surface area (Å²) in [6.45, 7) is 2.25. The van der Waals surface area contributed by atoms with Gasteiger partial charge in [0.05, 0.1) is 32.5 Å². The quantitative estimate of drug-likeness (QED) is 0.178. The zero-order valence-corrected chi connectivity index (χ0v) is 23.5. The minimum Gasteiger partial charge on any atom is -0.235 e. The summed E-state index contributed by atoms with van der Waals surface area (Å²) in [6.07, 6.45) is 7.79. The first-order chi connectivity index (χ1) is 14.6. The predicted molar refractivity (Wildman–Crippen MR) is 143 cm³/mol. The average Bonchev–Trinajstić information content (AvgIpc) is 3.45. The van der Waals surface area contributed by atoms with Gasteiger partial charge < -0.3 is 0 Å². The molecule has 156 valence electrons. The van der Waals surface area contributed by atoms with Gasteiger partial charge >= 0.3 is 0 Å². The molecule has 0 amide bonds. The zero-order chi connectivity index (χ0) is 21.1. The SMILES string of the molecule is CCCCCCc1cc(Br)sc1-c1c(-c2ccc(Br)s2)ncnc1-c1ccc(Br)s1. The highest BCUT2D eigenvalue weighted by molar-refractivity contribution is 9.11. The van der Waals surface area contributed by atoms with Gasteiger partial charge in [-0.3, -0.25) is 0 Å². The first-order valence-electron chi connectivity index (χ1n) is 9.71. The van der Waals surface area contributed by atoms with Gasteiger partial charge in [0.25, 0.3) is 0 Å². The molecule has 0 saturated heterocycles. The number of unbranched alkanes of at least 4 members (excludes halogenated alkanes) is 3. The van der Waals surface area contributed by atoms with E-state index in [1.54, 1.807) is 40.3 Å². The Kier molecular flexibility index (Phi) is 7.97. The van der Waals surface area contributed by atoms with E-state index in [4.69, 9.17) is 9.97 Å². The van der Waals surface area contributed by atoms with E-state index >= 15 is 0 Å². The van der Waals surface area contributed by atoms with Crippen molar-refractivity contribution in [1.82, 2.24) is 9.97 Å². The normalized spacial score (nSPS) is 11.3. The average molecular weight is 647 g/mol. The number of hydrogen-bond acceptors (Lipinski definition) is 5. The van der Waals surface area contributed by atoms with Crippen molar-refractivity contribution in [3.63, 3.8) is 0 Å². The van der Waals surface area contributed by atoms with Crippen molar-refractivity contribution >= 4 is 81.8 Å². The molecule has 2 nitrogen and oxygen atoms in total. The van der Waals surface area contributed by atoms with Crippen LogP contribution in [0.25, 0.3) is 31.6 Å². The Labute approximate surface area is 214 Å². The molecule has 30 heavy (non-hydrogen) atoms. The maximum atomic E-state index is 4.75. The number of aryl methyl sites for hydroxylation is 1. The second kappa shape index (κ2) is 10.5. The molecule has 0 aliphatic heterocycles. The fraction of sp³-hybridized carbons (Fsp3) is 0.273. The standard InChI is InChI=1S/C22H19Br3N2S3/c1-2-3-4-5-6-13-11-18(25)30-22(13)19-20(14-7-9-16(23)28-14)26-12-27-21(19)15-8-10-17(24)29-15/h7-12H,2-6H2,1H3. The fourth-order valence-electron chi connectivity index (χ4n) is 3.39. The molecule has 0 radical (unpaired) electrons. The summed E-state index contributed by atoms with van der Waals surface area (Å²) in [6, 6.07) is 10.7. The highest BCUT2D eigenvalue weighted by Crippen LogP contribution is 2.47. The molecule has 0 fully saturated rings. The van der Waals surface area contributed by atoms with Crippen LogP contribution in [0.5, 0.6) is 0 Å². The van der Waals surface area contributed by atoms with Crippen LogP contribution in [-0.2, 0) is 6.42 Å². The van der Waals surface area contributed by atoms with E-state index in [0.29, 0.717) is 0 Å². The minimum absolute atomic E-state index is 1.00. The van der Waals surface area contributed by atoms with Gasteiger partial charge in [0.15, 0.2) is 0 Å². The fourth-order valence-corrected chi connectivity index (χ4v) is 7.92. The lowest BCUT2D eigenvalue weighted by Gasteiger charge is -2.12. The van der Waals surface area contributed by atoms with E-state index in [-0.39, 0.29) is 0 Å². The van der Waals surface area contributed by atoms with Crippen LogP contribution in [-0.4, -0.2) is 9.97 Å². The number of halogens is 3. The van der Waals surface area contributed by atoms with E-state index in [0.717, 1.165) is 44.5 Å². The van der Waals surface area contributed by atoms with Gasteiger partial charge in [-0.05, 0) is 96.5 Å². The lowest BCUT2D eigenvalue weighted by atomic mass is 10.0. The Hall–Kier alpha value is -0.380. The largest absolute Gasteiger partial charge is 0.235 e. The maximum Gasteiger partial charge on any atom is 0.116 e. The van der Waals surface area contributed by atoms with Crippen LogP contribution < -0.4 is 0 Å². The van der Waals surface area contributed by atoms with Crippen LogP contribution >= 0.6 is 81.8 Å². The second-order valence-electron chi connectivity index (χ2n) is 6.87. The van der Waals surface area contributed by atoms with Gasteiger partial charge in [-0.1, -0.05) is 26.2 Å². The highest BCUT2D eigenvalue weighted by atomic mass is 79.9. The number of hydrogen-bond donors (Lipinski definition) is 0. The molecule has 4 rings (SSSR count). The van der Waals surface area contributed by atoms with Gasteiger partial charge in [0.2, 0.25) is 0 Å². The molecular weight excluding hydrogens is 628 g/mol. The Bertz CT molecular complexity index is 1090. The van der Waals surface area contributed by atoms with Crippen molar-refractivity contribution in [2.75, 3.05) is 0 Å². The van der Waals surface area contributed by atoms with E-state index in [1.807, 2.05) is 0 Å². The van der Waals surface area contributed by atoms with Gasteiger partial charge in [0.1, 0.15) is 6.33 Å². The monoisotopic (exact) mass is 644 g/mol. The Morgan fingerprint density at radius 3 is 1.93 bits per heavy atom. The van der Waals surface area contributed by atoms with Gasteiger partial charge in [0, 0.05) is 10.4 Å². The van der Waals surface area contributed by atoms with Crippen LogP contribution in [0.4, 0.5) is 0 Å². The van der Waals surface area contributed by atoms with Crippen LogP contribution in [0.2, 0.25) is 0 Å². The predicted octanol–water partition coefficient (Wildman–Crippen LogP) is 10.1. The van der Waals surface area contributed by atoms with Crippen LogP contribution in [0.15, 0.2) is 48.0 Å². The number of rotatable bonds is 8. The van der Waals surface area contributed by atoms with Gasteiger partial charge in [-0.25, -0.2) is 9.97 Å². The minimum atomic E-state index is 1.00. The Morgan fingerprint density at radius 1 is 0.767 bits per heavy atom. The van der Waals surface area contributed by atoms with Crippen LogP contribution in [0.1, 0.15) is 38.2 Å². The van der Waals surface area contributed by atoms with Crippen LogP contribution in [0.3, 0.4) is 0 Å². The lowest BCUT2D eigenvalue weighted by molar-refractivity contribution is 0.668. The molecule has 4 heterocycles. The summed E-state index contributed by atoms with van der Waals surface area (Å²) in [5, 5.41) is 0. The molecule has 0 bridgehead atoms. The van der Waals surface area contributed by atoms with Crippen molar-refractivity contribution in [1.29, 1.82) is 0 Å². The molecule has 0 unspecified atom stereocenters. The van der Waals surface area contributed by atoms with Crippen molar-refractivity contribution < 1.29 is 0 Å². The van der Waals surface area contributed by atoms with Crippen molar-refractivity contribution in [3.8, 4) is 31.6 Å². The summed E-state index contributed by atoms with van der Waals surface area (Å²) in [5.74, 6) is 0. The van der Waals surface area contributed by atoms with Gasteiger partial charge in [-0.15, -0.1) is 34.0 Å². The second-order valence-corrected chi connectivity index (χ2v) is 14.2. The molecule has 0 aliphatic carbocycles. The van der Waals surface area contributed by atoms with Crippen molar-refractivity contribution in [2.45, 2.75) is 39.0 Å². The first-order valence-corrected chi connectivity index (χ1v) is 14.5. The smallest absolute Gasteiger partial charge is 0.116 e. The molecule has 0 atom stereocenters. The third-order valence-electron chi connectivity index (χ3n) is 4.77. The Morgan fingerprint density at radius 2 is 1.40 bits per heavy atom. The van der Waals surface area contributed by atoms with E-state index < -0.39 is 0 Å². The summed E-state index contributed by atoms with van der Waals surface area (Å²) in [5.41, 5.74) is 4.53. The van der Waals surface area contributed by atoms with E-state index in [9.17, 15) is 0 Å². The zero-order valence-electron chi connectivity index (χ0n) is 16.3. The molecule has 0 spiro atoms. The topological polar surface area (TPSA) is 25.8 Å². The van der Waals surface area contributed by atoms with Crippen molar-refractivity contribution in [3.05, 3.63) is 53.6 Å². The highest BCUT2D eigenvalue weighted by Gasteiger charge is 2.23. The number of thiophene rings is 3. The number of nitrogens with zero attached hydrogens (tertiary/aromatic N) is 2. The molecule has 0 aromatic carbocycles. The van der Waals surface area contributed by atoms with E-state index in [2.05, 4.69) is 85.0 Å². The summed E-state index contributed by atoms with van der Waals surface area (Å²) in [7, 11) is 0. The number of aromatic nitrogens is 2. The molecule has 0 saturated carbocycles. The summed E-state index contributed by atoms with van der Waals surface area (Å²) >= 11 is 16.2. The van der Waals surface area contributed by atoms with Crippen LogP contribution in [0, 0.1) is 0 Å². The Balaban J connectivity index is 1.87. The first kappa shape index (κ1) is 22.8. The molecule has 4 aromatic rings. The molecule has 8 heteroatoms. The molecule has 4 aromatic heterocycles. The maximum absolute atomic E-state index is 4.75. The summed E-state index contributed by atoms with van der Waals surface area (Å²) in [4.78, 5) is 13.1. The lowest BCUT2D eigenvalue weighted by Crippen LogP contribution is -1.95. The van der Waals surface area contributed by atoms with Gasteiger partial charge in [-0.2, -0.15) is 0 Å². The summed E-state index contributed by atoms with van der Waals surface area (Å²) < 4.78 is 3.37. The third kappa shape index (κ3) is 5.15. The molecule has 0 aliphatic rings. The molecule has 0 N–H and O–H groups in total. The molecular formula is C22H19Br3N2S3. The van der Waals surface area contributed by atoms with Crippen molar-refractivity contribution in [2.24, 2.45) is 0 Å².